The first-order valence-electron chi connectivity index (χ1n) is 6.07. The average molecular weight is 238 g/mol. The summed E-state index contributed by atoms with van der Waals surface area (Å²) in [7, 11) is 0. The summed E-state index contributed by atoms with van der Waals surface area (Å²) in [5, 5.41) is 4.63. The van der Waals surface area contributed by atoms with E-state index in [0.29, 0.717) is 6.04 Å². The topological polar surface area (TPSA) is 41.0 Å². The molecule has 3 atom stereocenters. The van der Waals surface area contributed by atoms with Crippen LogP contribution >= 0.6 is 11.5 Å². The number of hydrogen-bond donors (Lipinski definition) is 1. The summed E-state index contributed by atoms with van der Waals surface area (Å²) in [6.07, 6.45) is 1.21. The molecule has 0 radical (unpaired) electrons. The van der Waals surface area contributed by atoms with Gasteiger partial charge in [-0.2, -0.15) is 4.37 Å². The molecule has 1 aromatic heterocycles. The predicted molar refractivity (Wildman–Crippen MR) is 65.9 cm³/mol. The quantitative estimate of drug-likeness (QED) is 0.843. The molecule has 1 aromatic rings. The van der Waals surface area contributed by atoms with Gasteiger partial charge < -0.3 is 10.2 Å². The molecule has 2 aliphatic rings. The second kappa shape index (κ2) is 3.96. The van der Waals surface area contributed by atoms with E-state index in [1.165, 1.54) is 19.5 Å². The van der Waals surface area contributed by atoms with Crippen LogP contribution in [-0.2, 0) is 0 Å². The van der Waals surface area contributed by atoms with Gasteiger partial charge in [0.2, 0.25) is 5.13 Å². The molecule has 16 heavy (non-hydrogen) atoms. The second-order valence-corrected chi connectivity index (χ2v) is 5.56. The highest BCUT2D eigenvalue weighted by Gasteiger charge is 2.44. The van der Waals surface area contributed by atoms with Crippen LogP contribution in [0.15, 0.2) is 0 Å². The van der Waals surface area contributed by atoms with Gasteiger partial charge in [-0.25, -0.2) is 4.98 Å². The summed E-state index contributed by atoms with van der Waals surface area (Å²) < 4.78 is 4.30. The maximum Gasteiger partial charge on any atom is 0.205 e. The van der Waals surface area contributed by atoms with Gasteiger partial charge in [0.15, 0.2) is 0 Å². The summed E-state index contributed by atoms with van der Waals surface area (Å²) >= 11 is 1.55. The Bertz CT molecular complexity index is 378. The third-order valence-corrected chi connectivity index (χ3v) is 4.74. The molecule has 0 bridgehead atoms. The van der Waals surface area contributed by atoms with E-state index in [1.54, 1.807) is 11.5 Å². The molecular weight excluding hydrogens is 220 g/mol. The highest BCUT2D eigenvalue weighted by molar-refractivity contribution is 7.09. The number of nitrogens with zero attached hydrogens (tertiary/aromatic N) is 3. The van der Waals surface area contributed by atoms with E-state index in [2.05, 4.69) is 26.5 Å². The molecular formula is C11H18N4S. The molecule has 0 aliphatic carbocycles. The molecule has 0 amide bonds. The molecule has 88 valence electrons. The van der Waals surface area contributed by atoms with Crippen molar-refractivity contribution in [2.75, 3.05) is 24.5 Å². The fourth-order valence-corrected chi connectivity index (χ4v) is 3.91. The lowest BCUT2D eigenvalue weighted by molar-refractivity contribution is 0.442. The normalized spacial score (nSPS) is 33.4. The first kappa shape index (κ1) is 10.5. The van der Waals surface area contributed by atoms with Crippen LogP contribution in [0.5, 0.6) is 0 Å². The Kier molecular flexibility index (Phi) is 2.59. The van der Waals surface area contributed by atoms with Crippen molar-refractivity contribution in [3.63, 3.8) is 0 Å². The van der Waals surface area contributed by atoms with E-state index in [4.69, 9.17) is 0 Å². The van der Waals surface area contributed by atoms with Crippen molar-refractivity contribution in [1.82, 2.24) is 14.7 Å². The summed E-state index contributed by atoms with van der Waals surface area (Å²) in [4.78, 5) is 7.02. The third kappa shape index (κ3) is 1.53. The number of anilines is 1. The minimum Gasteiger partial charge on any atom is -0.343 e. The van der Waals surface area contributed by atoms with Crippen LogP contribution in [-0.4, -0.2) is 35.0 Å². The van der Waals surface area contributed by atoms with Crippen LogP contribution in [0.1, 0.15) is 19.2 Å². The molecule has 5 heteroatoms. The van der Waals surface area contributed by atoms with E-state index < -0.39 is 0 Å². The molecule has 0 aromatic carbocycles. The first-order valence-corrected chi connectivity index (χ1v) is 6.84. The van der Waals surface area contributed by atoms with Gasteiger partial charge in [-0.1, -0.05) is 6.92 Å². The van der Waals surface area contributed by atoms with Gasteiger partial charge in [0, 0.05) is 37.2 Å². The minimum atomic E-state index is 0.660. The smallest absolute Gasteiger partial charge is 0.205 e. The minimum absolute atomic E-state index is 0.660. The van der Waals surface area contributed by atoms with Gasteiger partial charge >= 0.3 is 0 Å². The van der Waals surface area contributed by atoms with Gasteiger partial charge in [-0.15, -0.1) is 0 Å². The Balaban J connectivity index is 1.85. The van der Waals surface area contributed by atoms with Crippen molar-refractivity contribution in [3.8, 4) is 0 Å². The summed E-state index contributed by atoms with van der Waals surface area (Å²) in [6, 6.07) is 0.660. The predicted octanol–water partition coefficient (Wildman–Crippen LogP) is 1.28. The van der Waals surface area contributed by atoms with E-state index >= 15 is 0 Å². The molecule has 3 heterocycles. The van der Waals surface area contributed by atoms with Crippen molar-refractivity contribution in [2.24, 2.45) is 11.8 Å². The lowest BCUT2D eigenvalue weighted by Gasteiger charge is -2.25. The van der Waals surface area contributed by atoms with Crippen LogP contribution in [0.2, 0.25) is 0 Å². The SMILES string of the molecule is CCC1C2CNCC2CN1c1nc(C)ns1. The number of aromatic nitrogens is 2. The van der Waals surface area contributed by atoms with Crippen LogP contribution in [0, 0.1) is 18.8 Å². The van der Waals surface area contributed by atoms with Crippen molar-refractivity contribution >= 4 is 16.7 Å². The molecule has 2 saturated heterocycles. The molecule has 0 spiro atoms. The Hall–Kier alpha value is -0.680. The second-order valence-electron chi connectivity index (χ2n) is 4.83. The summed E-state index contributed by atoms with van der Waals surface area (Å²) in [5.41, 5.74) is 0. The molecule has 1 N–H and O–H groups in total. The highest BCUT2D eigenvalue weighted by Crippen LogP contribution is 2.37. The van der Waals surface area contributed by atoms with Crippen LogP contribution < -0.4 is 10.2 Å². The Morgan fingerprint density at radius 1 is 1.50 bits per heavy atom. The Morgan fingerprint density at radius 3 is 3.06 bits per heavy atom. The summed E-state index contributed by atoms with van der Waals surface area (Å²) in [6.45, 7) is 7.77. The zero-order valence-corrected chi connectivity index (χ0v) is 10.6. The van der Waals surface area contributed by atoms with Crippen LogP contribution in [0.4, 0.5) is 5.13 Å². The Labute approximate surface area is 100 Å². The average Bonchev–Trinajstić information content (AvgIpc) is 2.90. The monoisotopic (exact) mass is 238 g/mol. The number of fused-ring (bicyclic) bond motifs is 1. The van der Waals surface area contributed by atoms with Crippen molar-refractivity contribution in [3.05, 3.63) is 5.82 Å². The van der Waals surface area contributed by atoms with Crippen LogP contribution in [0.25, 0.3) is 0 Å². The molecule has 3 rings (SSSR count). The van der Waals surface area contributed by atoms with E-state index in [9.17, 15) is 0 Å². The van der Waals surface area contributed by atoms with Crippen LogP contribution in [0.3, 0.4) is 0 Å². The third-order valence-electron chi connectivity index (χ3n) is 3.90. The van der Waals surface area contributed by atoms with Gasteiger partial charge in [-0.05, 0) is 25.2 Å². The fourth-order valence-electron chi connectivity index (χ4n) is 3.17. The first-order chi connectivity index (χ1) is 7.79. The van der Waals surface area contributed by atoms with E-state index in [-0.39, 0.29) is 0 Å². The van der Waals surface area contributed by atoms with Gasteiger partial charge in [0.05, 0.1) is 0 Å². The molecule has 2 aliphatic heterocycles. The lowest BCUT2D eigenvalue weighted by atomic mass is 9.93. The number of rotatable bonds is 2. The molecule has 0 saturated carbocycles. The molecule has 2 fully saturated rings. The van der Waals surface area contributed by atoms with Gasteiger partial charge in [-0.3, -0.25) is 0 Å². The van der Waals surface area contributed by atoms with Gasteiger partial charge in [0.1, 0.15) is 5.82 Å². The molecule has 4 nitrogen and oxygen atoms in total. The van der Waals surface area contributed by atoms with Gasteiger partial charge in [0.25, 0.3) is 0 Å². The van der Waals surface area contributed by atoms with Crippen molar-refractivity contribution in [2.45, 2.75) is 26.3 Å². The highest BCUT2D eigenvalue weighted by atomic mass is 32.1. The van der Waals surface area contributed by atoms with Crippen molar-refractivity contribution in [1.29, 1.82) is 0 Å². The van der Waals surface area contributed by atoms with Crippen molar-refractivity contribution < 1.29 is 0 Å². The molecule has 3 unspecified atom stereocenters. The maximum absolute atomic E-state index is 4.53. The van der Waals surface area contributed by atoms with E-state index in [0.717, 1.165) is 29.3 Å². The number of hydrogen-bond acceptors (Lipinski definition) is 5. The van der Waals surface area contributed by atoms with E-state index in [1.807, 2.05) is 6.92 Å². The number of nitrogens with one attached hydrogen (secondary N) is 1. The zero-order valence-electron chi connectivity index (χ0n) is 9.81. The number of aryl methyl sites for hydroxylation is 1. The standard InChI is InChI=1S/C11H18N4S/c1-3-10-9-5-12-4-8(9)6-15(10)11-13-7(2)14-16-11/h8-10,12H,3-6H2,1-2H3. The summed E-state index contributed by atoms with van der Waals surface area (Å²) in [5.74, 6) is 2.54. The Morgan fingerprint density at radius 2 is 2.38 bits per heavy atom. The maximum atomic E-state index is 4.53. The zero-order chi connectivity index (χ0) is 11.1. The lowest BCUT2D eigenvalue weighted by Crippen LogP contribution is -2.35. The fraction of sp³-hybridized carbons (Fsp3) is 0.818. The largest absolute Gasteiger partial charge is 0.343 e.